The highest BCUT2D eigenvalue weighted by Crippen LogP contribution is 2.24. The maximum absolute atomic E-state index is 9.02. The van der Waals surface area contributed by atoms with Gasteiger partial charge in [-0.05, 0) is 11.4 Å². The van der Waals surface area contributed by atoms with Gasteiger partial charge in [-0.3, -0.25) is 0 Å². The van der Waals surface area contributed by atoms with E-state index < -0.39 is 0 Å². The Labute approximate surface area is 101 Å². The topological polar surface area (TPSA) is 45.7 Å². The highest BCUT2D eigenvalue weighted by molar-refractivity contribution is 7.17. The predicted molar refractivity (Wildman–Crippen MR) is 66.9 cm³/mol. The molecule has 0 saturated carbocycles. The van der Waals surface area contributed by atoms with Crippen LogP contribution in [0.25, 0.3) is 21.6 Å². The molecule has 3 nitrogen and oxygen atoms in total. The highest BCUT2D eigenvalue weighted by Gasteiger charge is 2.06. The Morgan fingerprint density at radius 3 is 2.71 bits per heavy atom. The summed E-state index contributed by atoms with van der Waals surface area (Å²) >= 11 is 1.49. The molecule has 0 bridgehead atoms. The van der Waals surface area contributed by atoms with Crippen molar-refractivity contribution in [1.82, 2.24) is 0 Å². The summed E-state index contributed by atoms with van der Waals surface area (Å²) < 4.78 is 6.62. The van der Waals surface area contributed by atoms with Crippen molar-refractivity contribution in [3.05, 3.63) is 53.2 Å². The van der Waals surface area contributed by atoms with Gasteiger partial charge in [-0.25, -0.2) is 0 Å². The molecule has 0 aliphatic rings. The zero-order valence-corrected chi connectivity index (χ0v) is 9.65. The first-order valence-corrected chi connectivity index (χ1v) is 6.01. The monoisotopic (exact) mass is 243 g/mol. The first-order chi connectivity index (χ1) is 8.38. The van der Waals surface area contributed by atoms with Crippen molar-refractivity contribution in [1.29, 1.82) is 0 Å². The predicted octanol–water partition coefficient (Wildman–Crippen LogP) is 3.45. The van der Waals surface area contributed by atoms with Crippen LogP contribution in [0.2, 0.25) is 0 Å². The van der Waals surface area contributed by atoms with E-state index in [-0.39, 0.29) is 0 Å². The fourth-order valence-electron chi connectivity index (χ4n) is 1.72. The van der Waals surface area contributed by atoms with Gasteiger partial charge in [0.25, 0.3) is 0 Å². The molecule has 0 radical (unpaired) electrons. The van der Waals surface area contributed by atoms with Gasteiger partial charge in [-0.2, -0.15) is 0 Å². The van der Waals surface area contributed by atoms with E-state index in [4.69, 9.17) is 9.62 Å². The summed E-state index contributed by atoms with van der Waals surface area (Å²) in [4.78, 5) is 0. The van der Waals surface area contributed by atoms with Crippen molar-refractivity contribution in [2.75, 3.05) is 0 Å². The fourth-order valence-corrected chi connectivity index (χ4v) is 2.50. The van der Waals surface area contributed by atoms with E-state index in [1.807, 2.05) is 41.8 Å². The van der Waals surface area contributed by atoms with Crippen LogP contribution in [0.5, 0.6) is 0 Å². The van der Waals surface area contributed by atoms with Crippen molar-refractivity contribution in [3.63, 3.8) is 0 Å². The average molecular weight is 243 g/mol. The van der Waals surface area contributed by atoms with E-state index in [1.54, 1.807) is 6.07 Å². The molecule has 3 aromatic rings. The summed E-state index contributed by atoms with van der Waals surface area (Å²) in [6.45, 7) is 0. The SMILES string of the molecule is O/N=c1\cc(-c2ccccc2)oc2ccsc12. The Morgan fingerprint density at radius 2 is 1.94 bits per heavy atom. The number of fused-ring (bicyclic) bond motifs is 1. The lowest BCUT2D eigenvalue weighted by Gasteiger charge is -2.00. The molecule has 4 heteroatoms. The molecule has 0 atom stereocenters. The number of hydrogen-bond donors (Lipinski definition) is 1. The summed E-state index contributed by atoms with van der Waals surface area (Å²) in [6.07, 6.45) is 0. The van der Waals surface area contributed by atoms with Gasteiger partial charge in [-0.15, -0.1) is 11.3 Å². The lowest BCUT2D eigenvalue weighted by molar-refractivity contribution is 0.302. The standard InChI is InChI=1S/C13H9NO2S/c15-14-10-8-12(9-4-2-1-3-5-9)16-11-6-7-17-13(10)11/h1-8,15H/b14-10+. The van der Waals surface area contributed by atoms with Gasteiger partial charge >= 0.3 is 0 Å². The van der Waals surface area contributed by atoms with Crippen LogP contribution in [0.1, 0.15) is 0 Å². The normalized spacial score (nSPS) is 12.1. The Hall–Kier alpha value is -2.07. The molecular weight excluding hydrogens is 234 g/mol. The molecule has 2 aromatic heterocycles. The van der Waals surface area contributed by atoms with Gasteiger partial charge in [0.15, 0.2) is 0 Å². The molecule has 17 heavy (non-hydrogen) atoms. The molecule has 0 saturated heterocycles. The molecule has 0 spiro atoms. The minimum atomic E-state index is 0.542. The Kier molecular flexibility index (Phi) is 2.42. The van der Waals surface area contributed by atoms with E-state index >= 15 is 0 Å². The molecule has 0 aliphatic carbocycles. The third kappa shape index (κ3) is 1.72. The van der Waals surface area contributed by atoms with Crippen LogP contribution >= 0.6 is 11.3 Å². The lowest BCUT2D eigenvalue weighted by Crippen LogP contribution is -2.00. The van der Waals surface area contributed by atoms with Crippen LogP contribution in [0, 0.1) is 0 Å². The maximum Gasteiger partial charge on any atom is 0.147 e. The van der Waals surface area contributed by atoms with E-state index in [0.717, 1.165) is 15.8 Å². The quantitative estimate of drug-likeness (QED) is 0.525. The molecule has 2 heterocycles. The van der Waals surface area contributed by atoms with Gasteiger partial charge < -0.3 is 9.62 Å². The number of thiophene rings is 1. The molecule has 0 fully saturated rings. The summed E-state index contributed by atoms with van der Waals surface area (Å²) in [5.74, 6) is 0.698. The summed E-state index contributed by atoms with van der Waals surface area (Å²) in [5.41, 5.74) is 1.70. The van der Waals surface area contributed by atoms with E-state index in [1.165, 1.54) is 11.3 Å². The number of benzene rings is 1. The highest BCUT2D eigenvalue weighted by atomic mass is 32.1. The van der Waals surface area contributed by atoms with Crippen LogP contribution in [0.3, 0.4) is 0 Å². The average Bonchev–Trinajstić information content (AvgIpc) is 2.86. The molecule has 84 valence electrons. The van der Waals surface area contributed by atoms with Crippen molar-refractivity contribution >= 4 is 21.6 Å². The van der Waals surface area contributed by atoms with Gasteiger partial charge in [-0.1, -0.05) is 35.5 Å². The van der Waals surface area contributed by atoms with E-state index in [2.05, 4.69) is 5.16 Å². The Bertz CT molecular complexity index is 713. The Balaban J connectivity index is 2.32. The maximum atomic E-state index is 9.02. The van der Waals surface area contributed by atoms with Crippen LogP contribution in [0.15, 0.2) is 57.4 Å². The first-order valence-electron chi connectivity index (χ1n) is 5.13. The molecule has 0 aliphatic heterocycles. The smallest absolute Gasteiger partial charge is 0.147 e. The van der Waals surface area contributed by atoms with Gasteiger partial charge in [0.2, 0.25) is 0 Å². The number of nitrogens with zero attached hydrogens (tertiary/aromatic N) is 1. The minimum absolute atomic E-state index is 0.542. The molecule has 0 amide bonds. The summed E-state index contributed by atoms with van der Waals surface area (Å²) in [7, 11) is 0. The molecule has 1 N–H and O–H groups in total. The van der Waals surface area contributed by atoms with Crippen molar-refractivity contribution < 1.29 is 9.62 Å². The third-order valence-electron chi connectivity index (χ3n) is 2.52. The summed E-state index contributed by atoms with van der Waals surface area (Å²) in [6, 6.07) is 13.4. The lowest BCUT2D eigenvalue weighted by atomic mass is 10.1. The van der Waals surface area contributed by atoms with Crippen LogP contribution in [-0.4, -0.2) is 5.21 Å². The third-order valence-corrected chi connectivity index (χ3v) is 3.43. The molecule has 0 unspecified atom stereocenters. The largest absolute Gasteiger partial charge is 0.455 e. The first kappa shape index (κ1) is 10.1. The summed E-state index contributed by atoms with van der Waals surface area (Å²) in [5, 5.41) is 14.8. The fraction of sp³-hybridized carbons (Fsp3) is 0. The van der Waals surface area contributed by atoms with Crippen LogP contribution < -0.4 is 5.36 Å². The van der Waals surface area contributed by atoms with Gasteiger partial charge in [0, 0.05) is 11.6 Å². The molecule has 1 aromatic carbocycles. The van der Waals surface area contributed by atoms with Crippen LogP contribution in [-0.2, 0) is 0 Å². The van der Waals surface area contributed by atoms with Gasteiger partial charge in [0.1, 0.15) is 16.7 Å². The van der Waals surface area contributed by atoms with Crippen LogP contribution in [0.4, 0.5) is 0 Å². The number of hydrogen-bond acceptors (Lipinski definition) is 4. The molecule has 3 rings (SSSR count). The Morgan fingerprint density at radius 1 is 1.12 bits per heavy atom. The molecular formula is C13H9NO2S. The zero-order valence-electron chi connectivity index (χ0n) is 8.83. The second-order valence-corrected chi connectivity index (χ2v) is 4.49. The van der Waals surface area contributed by atoms with Crippen molar-refractivity contribution in [3.8, 4) is 11.3 Å². The zero-order chi connectivity index (χ0) is 11.7. The second kappa shape index (κ2) is 4.07. The van der Waals surface area contributed by atoms with Crippen molar-refractivity contribution in [2.24, 2.45) is 5.16 Å². The van der Waals surface area contributed by atoms with Gasteiger partial charge in [0.05, 0.1) is 4.70 Å². The van der Waals surface area contributed by atoms with Crippen molar-refractivity contribution in [2.45, 2.75) is 0 Å². The number of rotatable bonds is 1. The second-order valence-electron chi connectivity index (χ2n) is 3.58. The minimum Gasteiger partial charge on any atom is -0.455 e. The van der Waals surface area contributed by atoms with E-state index in [9.17, 15) is 0 Å². The van der Waals surface area contributed by atoms with E-state index in [0.29, 0.717) is 11.1 Å².